The molecule has 0 saturated carbocycles. The Labute approximate surface area is 85.8 Å². The summed E-state index contributed by atoms with van der Waals surface area (Å²) in [4.78, 5) is 19.9. The van der Waals surface area contributed by atoms with E-state index in [-0.39, 0.29) is 5.92 Å². The third kappa shape index (κ3) is 2.09. The van der Waals surface area contributed by atoms with E-state index in [9.17, 15) is 20.2 Å². The molecule has 0 N–H and O–H groups in total. The van der Waals surface area contributed by atoms with Gasteiger partial charge in [0.25, 0.3) is 0 Å². The van der Waals surface area contributed by atoms with Crippen LogP contribution >= 0.6 is 0 Å². The van der Waals surface area contributed by atoms with Crippen LogP contribution < -0.4 is 0 Å². The lowest BCUT2D eigenvalue weighted by molar-refractivity contribution is -0.423. The highest BCUT2D eigenvalue weighted by atomic mass is 16.6. The van der Waals surface area contributed by atoms with E-state index >= 15 is 0 Å². The Hall–Kier alpha value is -1.98. The smallest absolute Gasteiger partial charge is 0.258 e. The summed E-state index contributed by atoms with van der Waals surface area (Å²) in [5, 5.41) is 21.4. The molecule has 1 aromatic carbocycles. The summed E-state index contributed by atoms with van der Waals surface area (Å²) in [6.45, 7) is 3.51. The molecule has 0 aliphatic rings. The summed E-state index contributed by atoms with van der Waals surface area (Å²) < 4.78 is 0. The van der Waals surface area contributed by atoms with E-state index in [2.05, 4.69) is 0 Å². The normalized spacial score (nSPS) is 10.3. The number of rotatable bonds is 3. The summed E-state index contributed by atoms with van der Waals surface area (Å²) in [5.74, 6) is -0.120. The Kier molecular flexibility index (Phi) is 2.99. The first-order valence-corrected chi connectivity index (χ1v) is 4.36. The number of nitro groups is 2. The van der Waals surface area contributed by atoms with Crippen LogP contribution in [0.4, 0.5) is 11.4 Å². The van der Waals surface area contributed by atoms with Gasteiger partial charge in [-0.2, -0.15) is 0 Å². The van der Waals surface area contributed by atoms with Crippen molar-refractivity contribution in [1.29, 1.82) is 0 Å². The topological polar surface area (TPSA) is 86.3 Å². The second-order valence-electron chi connectivity index (χ2n) is 3.38. The highest BCUT2D eigenvalue weighted by Gasteiger charge is 2.28. The third-order valence-electron chi connectivity index (χ3n) is 2.05. The van der Waals surface area contributed by atoms with Crippen LogP contribution in [0.25, 0.3) is 0 Å². The van der Waals surface area contributed by atoms with E-state index in [0.29, 0.717) is 5.56 Å². The fraction of sp³-hybridized carbons (Fsp3) is 0.333. The predicted octanol–water partition coefficient (Wildman–Crippen LogP) is 2.63. The molecule has 0 bridgehead atoms. The first-order valence-electron chi connectivity index (χ1n) is 4.36. The highest BCUT2D eigenvalue weighted by Crippen LogP contribution is 2.34. The van der Waals surface area contributed by atoms with E-state index in [1.54, 1.807) is 13.8 Å². The van der Waals surface area contributed by atoms with Crippen LogP contribution in [0.15, 0.2) is 18.2 Å². The summed E-state index contributed by atoms with van der Waals surface area (Å²) in [6.07, 6.45) is 0. The molecule has 15 heavy (non-hydrogen) atoms. The maximum absolute atomic E-state index is 10.8. The zero-order chi connectivity index (χ0) is 11.6. The van der Waals surface area contributed by atoms with Gasteiger partial charge >= 0.3 is 11.4 Å². The molecule has 6 nitrogen and oxygen atoms in total. The van der Waals surface area contributed by atoms with Crippen molar-refractivity contribution in [2.45, 2.75) is 19.8 Å². The van der Waals surface area contributed by atoms with E-state index in [1.807, 2.05) is 0 Å². The van der Waals surface area contributed by atoms with Crippen LogP contribution in [-0.4, -0.2) is 9.85 Å². The standard InChI is InChI=1S/C9H10N2O4/c1-6(2)7-4-3-5-8(10(12)13)9(7)11(14)15/h3-6H,1-2H3. The molecule has 0 atom stereocenters. The number of hydrogen-bond acceptors (Lipinski definition) is 4. The van der Waals surface area contributed by atoms with Gasteiger partial charge in [-0.15, -0.1) is 0 Å². The Morgan fingerprint density at radius 1 is 1.13 bits per heavy atom. The molecule has 0 aliphatic heterocycles. The Morgan fingerprint density at radius 3 is 2.13 bits per heavy atom. The van der Waals surface area contributed by atoms with Gasteiger partial charge in [-0.3, -0.25) is 20.2 Å². The van der Waals surface area contributed by atoms with Gasteiger partial charge in [0.05, 0.1) is 9.85 Å². The van der Waals surface area contributed by atoms with Crippen molar-refractivity contribution in [3.63, 3.8) is 0 Å². The molecule has 0 aliphatic carbocycles. The van der Waals surface area contributed by atoms with Crippen molar-refractivity contribution >= 4 is 11.4 Å². The van der Waals surface area contributed by atoms with Gasteiger partial charge in [0.1, 0.15) is 0 Å². The Morgan fingerprint density at radius 2 is 1.73 bits per heavy atom. The largest absolute Gasteiger partial charge is 0.349 e. The van der Waals surface area contributed by atoms with Gasteiger partial charge < -0.3 is 0 Å². The number of hydrogen-bond donors (Lipinski definition) is 0. The van der Waals surface area contributed by atoms with Gasteiger partial charge in [-0.05, 0) is 5.92 Å². The number of para-hydroxylation sites is 1. The van der Waals surface area contributed by atoms with Crippen molar-refractivity contribution in [2.75, 3.05) is 0 Å². The molecule has 0 heterocycles. The zero-order valence-electron chi connectivity index (χ0n) is 8.34. The fourth-order valence-electron chi connectivity index (χ4n) is 1.36. The highest BCUT2D eigenvalue weighted by molar-refractivity contribution is 5.58. The first kappa shape index (κ1) is 11.1. The summed E-state index contributed by atoms with van der Waals surface area (Å²) >= 11 is 0. The van der Waals surface area contributed by atoms with Gasteiger partial charge in [0.15, 0.2) is 0 Å². The number of nitrogens with zero attached hydrogens (tertiary/aromatic N) is 2. The molecule has 0 unspecified atom stereocenters. The van der Waals surface area contributed by atoms with Gasteiger partial charge in [-0.1, -0.05) is 26.0 Å². The molecule has 80 valence electrons. The van der Waals surface area contributed by atoms with Crippen molar-refractivity contribution < 1.29 is 9.85 Å². The molecule has 1 rings (SSSR count). The molecule has 1 aromatic rings. The van der Waals surface area contributed by atoms with Gasteiger partial charge in [0, 0.05) is 11.6 Å². The Balaban J connectivity index is 3.48. The lowest BCUT2D eigenvalue weighted by Crippen LogP contribution is -2.01. The minimum Gasteiger partial charge on any atom is -0.258 e. The minimum absolute atomic E-state index is 0.120. The fourth-order valence-corrected chi connectivity index (χ4v) is 1.36. The van der Waals surface area contributed by atoms with Crippen LogP contribution in [0, 0.1) is 20.2 Å². The summed E-state index contributed by atoms with van der Waals surface area (Å²) in [6, 6.07) is 4.14. The molecule has 0 spiro atoms. The van der Waals surface area contributed by atoms with Crippen LogP contribution in [0.2, 0.25) is 0 Å². The van der Waals surface area contributed by atoms with Crippen molar-refractivity contribution in [1.82, 2.24) is 0 Å². The molecular weight excluding hydrogens is 200 g/mol. The maximum atomic E-state index is 10.8. The summed E-state index contributed by atoms with van der Waals surface area (Å²) in [5.41, 5.74) is -0.474. The molecule has 0 fully saturated rings. The number of benzene rings is 1. The van der Waals surface area contributed by atoms with Crippen LogP contribution in [-0.2, 0) is 0 Å². The predicted molar refractivity (Wildman–Crippen MR) is 53.8 cm³/mol. The van der Waals surface area contributed by atoms with E-state index in [0.717, 1.165) is 6.07 Å². The van der Waals surface area contributed by atoms with Crippen molar-refractivity contribution in [3.05, 3.63) is 44.0 Å². The van der Waals surface area contributed by atoms with Gasteiger partial charge in [0.2, 0.25) is 0 Å². The lowest BCUT2D eigenvalue weighted by atomic mass is 10.0. The monoisotopic (exact) mass is 210 g/mol. The molecule has 0 saturated heterocycles. The van der Waals surface area contributed by atoms with Crippen LogP contribution in [0.5, 0.6) is 0 Å². The quantitative estimate of drug-likeness (QED) is 0.566. The Bertz CT molecular complexity index is 415. The van der Waals surface area contributed by atoms with Gasteiger partial charge in [-0.25, -0.2) is 0 Å². The van der Waals surface area contributed by atoms with E-state index < -0.39 is 21.2 Å². The average Bonchev–Trinajstić information content (AvgIpc) is 2.16. The number of nitro benzene ring substituents is 2. The molecule has 0 amide bonds. The molecular formula is C9H10N2O4. The van der Waals surface area contributed by atoms with Crippen molar-refractivity contribution in [3.8, 4) is 0 Å². The van der Waals surface area contributed by atoms with Crippen LogP contribution in [0.1, 0.15) is 25.3 Å². The molecule has 0 aromatic heterocycles. The zero-order valence-corrected chi connectivity index (χ0v) is 8.34. The second-order valence-corrected chi connectivity index (χ2v) is 3.38. The molecule has 6 heteroatoms. The maximum Gasteiger partial charge on any atom is 0.349 e. The second kappa shape index (κ2) is 4.04. The molecule has 0 radical (unpaired) electrons. The van der Waals surface area contributed by atoms with E-state index in [4.69, 9.17) is 0 Å². The van der Waals surface area contributed by atoms with Crippen LogP contribution in [0.3, 0.4) is 0 Å². The lowest BCUT2D eigenvalue weighted by Gasteiger charge is -2.05. The summed E-state index contributed by atoms with van der Waals surface area (Å²) in [7, 11) is 0. The van der Waals surface area contributed by atoms with E-state index in [1.165, 1.54) is 12.1 Å². The first-order chi connectivity index (χ1) is 6.95. The average molecular weight is 210 g/mol. The van der Waals surface area contributed by atoms with Crippen molar-refractivity contribution in [2.24, 2.45) is 0 Å². The SMILES string of the molecule is CC(C)c1cccc([N+](=O)[O-])c1[N+](=O)[O-]. The third-order valence-corrected chi connectivity index (χ3v) is 2.05. The minimum atomic E-state index is -0.732.